The summed E-state index contributed by atoms with van der Waals surface area (Å²) >= 11 is 0. The maximum atomic E-state index is 12.1. The van der Waals surface area contributed by atoms with Crippen molar-refractivity contribution < 1.29 is 9.13 Å². The Morgan fingerprint density at radius 2 is 2.27 bits per heavy atom. The van der Waals surface area contributed by atoms with Gasteiger partial charge in [-0.25, -0.2) is 4.68 Å². The molecule has 1 saturated heterocycles. The van der Waals surface area contributed by atoms with Crippen LogP contribution in [0.5, 0.6) is 5.75 Å². The smallest absolute Gasteiger partial charge is 0.139 e. The number of ether oxygens (including phenoxy) is 1. The van der Waals surface area contributed by atoms with Gasteiger partial charge >= 0.3 is 0 Å². The van der Waals surface area contributed by atoms with Crippen molar-refractivity contribution in [3.63, 3.8) is 0 Å². The van der Waals surface area contributed by atoms with Crippen molar-refractivity contribution in [1.29, 1.82) is 0 Å². The lowest BCUT2D eigenvalue weighted by Gasteiger charge is -2.27. The predicted octanol–water partition coefficient (Wildman–Crippen LogP) is 1.70. The average Bonchev–Trinajstić information content (AvgIpc) is 2.95. The molecular formula is C15H20FN5O. The molecule has 1 atom stereocenters. The van der Waals surface area contributed by atoms with Gasteiger partial charge in [0.05, 0.1) is 36.6 Å². The fourth-order valence-corrected chi connectivity index (χ4v) is 2.24. The fraction of sp³-hybridized carbons (Fsp3) is 0.533. The summed E-state index contributed by atoms with van der Waals surface area (Å²) < 4.78 is 19.5. The zero-order chi connectivity index (χ0) is 15.2. The molecule has 6 nitrogen and oxygen atoms in total. The van der Waals surface area contributed by atoms with Crippen molar-refractivity contribution in [2.45, 2.75) is 31.7 Å². The van der Waals surface area contributed by atoms with Crippen molar-refractivity contribution in [2.75, 3.05) is 19.8 Å². The Bertz CT molecular complexity index is 599. The van der Waals surface area contributed by atoms with Crippen LogP contribution in [0.2, 0.25) is 0 Å². The van der Waals surface area contributed by atoms with E-state index in [1.54, 1.807) is 17.1 Å². The van der Waals surface area contributed by atoms with E-state index in [-0.39, 0.29) is 6.67 Å². The van der Waals surface area contributed by atoms with Crippen LogP contribution in [0, 0.1) is 0 Å². The number of nitrogens with zero attached hydrogens (tertiary/aromatic N) is 4. The number of aryl methyl sites for hydroxylation is 1. The monoisotopic (exact) mass is 305 g/mol. The molecule has 0 saturated carbocycles. The van der Waals surface area contributed by atoms with Gasteiger partial charge in [-0.2, -0.15) is 0 Å². The Hall–Kier alpha value is -2.02. The van der Waals surface area contributed by atoms with Crippen LogP contribution in [0.3, 0.4) is 0 Å². The number of pyridine rings is 1. The number of aromatic nitrogens is 4. The summed E-state index contributed by atoms with van der Waals surface area (Å²) in [6.45, 7) is 1.43. The molecule has 3 rings (SSSR count). The summed E-state index contributed by atoms with van der Waals surface area (Å²) in [5, 5.41) is 11.5. The van der Waals surface area contributed by atoms with Gasteiger partial charge in [0.2, 0.25) is 0 Å². The van der Waals surface area contributed by atoms with Crippen LogP contribution < -0.4 is 10.1 Å². The molecule has 0 aliphatic carbocycles. The van der Waals surface area contributed by atoms with E-state index in [1.165, 1.54) is 0 Å². The highest BCUT2D eigenvalue weighted by atomic mass is 19.1. The van der Waals surface area contributed by atoms with Crippen LogP contribution in [-0.2, 0) is 6.42 Å². The second kappa shape index (κ2) is 7.31. The molecule has 1 fully saturated rings. The number of hydrogen-bond donors (Lipinski definition) is 1. The summed E-state index contributed by atoms with van der Waals surface area (Å²) in [5.74, 6) is 0.723. The third-order valence-corrected chi connectivity index (χ3v) is 3.70. The van der Waals surface area contributed by atoms with E-state index in [0.29, 0.717) is 19.1 Å². The van der Waals surface area contributed by atoms with Crippen LogP contribution in [-0.4, -0.2) is 45.8 Å². The molecule has 0 amide bonds. The van der Waals surface area contributed by atoms with Crippen molar-refractivity contribution >= 4 is 0 Å². The standard InChI is InChI=1S/C15H20FN5O/c16-5-2-1-3-12-10-21(20-19-12)14-7-15(9-17-8-14)22-11-13-4-6-18-13/h7-10,13,18H,1-6,11H2/t13-/m0/s1. The van der Waals surface area contributed by atoms with Gasteiger partial charge in [0.15, 0.2) is 0 Å². The van der Waals surface area contributed by atoms with E-state index in [1.807, 2.05) is 12.3 Å². The van der Waals surface area contributed by atoms with Gasteiger partial charge in [0, 0.05) is 12.1 Å². The molecular weight excluding hydrogens is 285 g/mol. The van der Waals surface area contributed by atoms with E-state index in [4.69, 9.17) is 4.74 Å². The molecule has 2 aromatic heterocycles. The molecule has 1 aliphatic heterocycles. The molecule has 0 unspecified atom stereocenters. The molecule has 0 radical (unpaired) electrons. The SMILES string of the molecule is FCCCCc1cn(-c2cncc(OC[C@@H]3CCN3)c2)nn1. The lowest BCUT2D eigenvalue weighted by molar-refractivity contribution is 0.217. The normalized spacial score (nSPS) is 17.2. The van der Waals surface area contributed by atoms with E-state index < -0.39 is 0 Å². The number of alkyl halides is 1. The fourth-order valence-electron chi connectivity index (χ4n) is 2.24. The van der Waals surface area contributed by atoms with E-state index >= 15 is 0 Å². The van der Waals surface area contributed by atoms with Gasteiger partial charge < -0.3 is 10.1 Å². The Morgan fingerprint density at radius 1 is 1.36 bits per heavy atom. The zero-order valence-corrected chi connectivity index (χ0v) is 12.4. The molecule has 118 valence electrons. The first kappa shape index (κ1) is 14.9. The maximum Gasteiger partial charge on any atom is 0.139 e. The molecule has 2 aromatic rings. The molecule has 0 bridgehead atoms. The quantitative estimate of drug-likeness (QED) is 0.752. The number of halogens is 1. The number of rotatable bonds is 8. The second-order valence-electron chi connectivity index (χ2n) is 5.43. The van der Waals surface area contributed by atoms with Crippen LogP contribution in [0.15, 0.2) is 24.7 Å². The highest BCUT2D eigenvalue weighted by molar-refractivity contribution is 5.34. The van der Waals surface area contributed by atoms with Crippen LogP contribution >= 0.6 is 0 Å². The minimum Gasteiger partial charge on any atom is -0.490 e. The van der Waals surface area contributed by atoms with Gasteiger partial charge in [-0.1, -0.05) is 5.21 Å². The first-order valence-electron chi connectivity index (χ1n) is 7.64. The summed E-state index contributed by atoms with van der Waals surface area (Å²) in [5.41, 5.74) is 1.67. The van der Waals surface area contributed by atoms with Crippen molar-refractivity contribution in [3.8, 4) is 11.4 Å². The summed E-state index contributed by atoms with van der Waals surface area (Å²) in [6.07, 6.45) is 8.50. The van der Waals surface area contributed by atoms with Gasteiger partial charge in [0.1, 0.15) is 12.4 Å². The Kier molecular flexibility index (Phi) is 4.95. The summed E-state index contributed by atoms with van der Waals surface area (Å²) in [6, 6.07) is 2.34. The van der Waals surface area contributed by atoms with E-state index in [0.717, 1.165) is 42.9 Å². The third kappa shape index (κ3) is 3.79. The highest BCUT2D eigenvalue weighted by Crippen LogP contribution is 2.16. The second-order valence-corrected chi connectivity index (χ2v) is 5.43. The average molecular weight is 305 g/mol. The minimum atomic E-state index is -0.284. The van der Waals surface area contributed by atoms with Gasteiger partial charge in [-0.15, -0.1) is 5.10 Å². The van der Waals surface area contributed by atoms with Gasteiger partial charge in [0.25, 0.3) is 0 Å². The van der Waals surface area contributed by atoms with Crippen LogP contribution in [0.4, 0.5) is 4.39 Å². The number of hydrogen-bond acceptors (Lipinski definition) is 5. The molecule has 1 N–H and O–H groups in total. The van der Waals surface area contributed by atoms with Crippen molar-refractivity contribution in [1.82, 2.24) is 25.3 Å². The zero-order valence-electron chi connectivity index (χ0n) is 12.4. The first-order chi connectivity index (χ1) is 10.8. The predicted molar refractivity (Wildman–Crippen MR) is 80.0 cm³/mol. The van der Waals surface area contributed by atoms with E-state index in [9.17, 15) is 4.39 Å². The molecule has 0 spiro atoms. The summed E-state index contributed by atoms with van der Waals surface area (Å²) in [4.78, 5) is 4.18. The number of unbranched alkanes of at least 4 members (excludes halogenated alkanes) is 1. The van der Waals surface area contributed by atoms with Crippen LogP contribution in [0.1, 0.15) is 25.0 Å². The van der Waals surface area contributed by atoms with Gasteiger partial charge in [-0.05, 0) is 32.2 Å². The number of nitrogens with one attached hydrogen (secondary N) is 1. The lowest BCUT2D eigenvalue weighted by atomic mass is 10.1. The molecule has 0 aromatic carbocycles. The third-order valence-electron chi connectivity index (χ3n) is 3.70. The minimum absolute atomic E-state index is 0.284. The highest BCUT2D eigenvalue weighted by Gasteiger charge is 2.16. The Labute approximate surface area is 128 Å². The lowest BCUT2D eigenvalue weighted by Crippen LogP contribution is -2.46. The van der Waals surface area contributed by atoms with Crippen LogP contribution in [0.25, 0.3) is 5.69 Å². The topological polar surface area (TPSA) is 64.9 Å². The molecule has 22 heavy (non-hydrogen) atoms. The Morgan fingerprint density at radius 3 is 3.05 bits per heavy atom. The first-order valence-corrected chi connectivity index (χ1v) is 7.64. The molecule has 3 heterocycles. The summed E-state index contributed by atoms with van der Waals surface area (Å²) in [7, 11) is 0. The van der Waals surface area contributed by atoms with Crippen molar-refractivity contribution in [2.24, 2.45) is 0 Å². The van der Waals surface area contributed by atoms with E-state index in [2.05, 4.69) is 20.6 Å². The Balaban J connectivity index is 1.61. The maximum absolute atomic E-state index is 12.1. The largest absolute Gasteiger partial charge is 0.490 e. The molecule has 7 heteroatoms. The van der Waals surface area contributed by atoms with Gasteiger partial charge in [-0.3, -0.25) is 9.37 Å². The van der Waals surface area contributed by atoms with Crippen molar-refractivity contribution in [3.05, 3.63) is 30.4 Å². The molecule has 1 aliphatic rings.